The Morgan fingerprint density at radius 2 is 1.94 bits per heavy atom. The molecule has 2 aliphatic rings. The molecule has 0 bridgehead atoms. The second-order valence-corrected chi connectivity index (χ2v) is 6.34. The molecule has 2 rings (SSSR count). The number of primary amides is 1. The first-order valence-electron chi connectivity index (χ1n) is 6.34. The lowest BCUT2D eigenvalue weighted by Gasteiger charge is -2.30. The first-order valence-corrected chi connectivity index (χ1v) is 7.49. The van der Waals surface area contributed by atoms with Crippen LogP contribution in [0.3, 0.4) is 0 Å². The predicted octanol–water partition coefficient (Wildman–Crippen LogP) is 1.52. The van der Waals surface area contributed by atoms with E-state index < -0.39 is 0 Å². The zero-order chi connectivity index (χ0) is 11.4. The lowest BCUT2D eigenvalue weighted by Crippen LogP contribution is -2.46. The van der Waals surface area contributed by atoms with E-state index in [0.717, 1.165) is 32.2 Å². The number of nitrogens with two attached hydrogens (primary N) is 1. The zero-order valence-electron chi connectivity index (χ0n) is 9.84. The van der Waals surface area contributed by atoms with Crippen molar-refractivity contribution in [2.45, 2.75) is 44.6 Å². The van der Waals surface area contributed by atoms with Crippen LogP contribution in [0.15, 0.2) is 0 Å². The average Bonchev–Trinajstić information content (AvgIpc) is 2.78. The van der Waals surface area contributed by atoms with Crippen molar-refractivity contribution >= 4 is 17.7 Å². The number of carbonyl (C=O) groups excluding carboxylic acids is 1. The minimum atomic E-state index is -0.232. The monoisotopic (exact) mass is 242 g/mol. The highest BCUT2D eigenvalue weighted by Crippen LogP contribution is 2.37. The number of hydrogen-bond acceptors (Lipinski definition) is 3. The fourth-order valence-corrected chi connectivity index (χ4v) is 3.91. The highest BCUT2D eigenvalue weighted by Gasteiger charge is 2.39. The second kappa shape index (κ2) is 5.41. The Balaban J connectivity index is 1.84. The van der Waals surface area contributed by atoms with Crippen LogP contribution in [0.4, 0.5) is 0 Å². The molecular weight excluding hydrogens is 220 g/mol. The van der Waals surface area contributed by atoms with Gasteiger partial charge in [-0.1, -0.05) is 12.8 Å². The van der Waals surface area contributed by atoms with Gasteiger partial charge in [0.15, 0.2) is 0 Å². The Kier molecular flexibility index (Phi) is 4.14. The van der Waals surface area contributed by atoms with Crippen molar-refractivity contribution in [2.75, 3.05) is 18.1 Å². The van der Waals surface area contributed by atoms with Gasteiger partial charge in [0.1, 0.15) is 0 Å². The van der Waals surface area contributed by atoms with Crippen molar-refractivity contribution in [3.05, 3.63) is 0 Å². The van der Waals surface area contributed by atoms with E-state index in [4.69, 9.17) is 5.73 Å². The first-order chi connectivity index (χ1) is 7.73. The number of nitrogens with one attached hydrogen (secondary N) is 1. The van der Waals surface area contributed by atoms with Crippen LogP contribution < -0.4 is 11.1 Å². The Bertz CT molecular complexity index is 245. The summed E-state index contributed by atoms with van der Waals surface area (Å²) in [5.74, 6) is 2.41. The molecule has 0 atom stereocenters. The summed E-state index contributed by atoms with van der Waals surface area (Å²) in [4.78, 5) is 11.6. The van der Waals surface area contributed by atoms with Gasteiger partial charge in [-0.05, 0) is 37.2 Å². The van der Waals surface area contributed by atoms with E-state index >= 15 is 0 Å². The Morgan fingerprint density at radius 3 is 2.50 bits per heavy atom. The van der Waals surface area contributed by atoms with Crippen molar-refractivity contribution in [3.63, 3.8) is 0 Å². The second-order valence-electron chi connectivity index (χ2n) is 5.12. The molecule has 0 radical (unpaired) electrons. The number of carbonyl (C=O) groups is 1. The van der Waals surface area contributed by atoms with Crippen LogP contribution in [-0.4, -0.2) is 30.0 Å². The van der Waals surface area contributed by atoms with E-state index in [-0.39, 0.29) is 11.3 Å². The van der Waals surface area contributed by atoms with Gasteiger partial charge in [-0.3, -0.25) is 4.79 Å². The maximum Gasteiger partial charge on any atom is 0.224 e. The molecule has 1 amide bonds. The van der Waals surface area contributed by atoms with E-state index in [1.165, 1.54) is 24.3 Å². The molecule has 0 aromatic carbocycles. The quantitative estimate of drug-likeness (QED) is 0.786. The maximum atomic E-state index is 11.6. The molecule has 92 valence electrons. The SMILES string of the molecule is NC(=O)C1(CNC2CCSCC2)CCCC1. The largest absolute Gasteiger partial charge is 0.369 e. The Labute approximate surface area is 102 Å². The lowest BCUT2D eigenvalue weighted by atomic mass is 9.85. The number of rotatable bonds is 4. The summed E-state index contributed by atoms with van der Waals surface area (Å²) in [7, 11) is 0. The van der Waals surface area contributed by atoms with Gasteiger partial charge in [0.05, 0.1) is 5.41 Å². The van der Waals surface area contributed by atoms with Crippen LogP contribution in [0, 0.1) is 5.41 Å². The predicted molar refractivity (Wildman–Crippen MR) is 68.4 cm³/mol. The van der Waals surface area contributed by atoms with Crippen LogP contribution in [0.5, 0.6) is 0 Å². The standard InChI is InChI=1S/C12H22N2OS/c13-11(15)12(5-1-2-6-12)9-14-10-3-7-16-8-4-10/h10,14H,1-9H2,(H2,13,15). The molecule has 1 saturated carbocycles. The average molecular weight is 242 g/mol. The Morgan fingerprint density at radius 1 is 1.31 bits per heavy atom. The molecule has 0 unspecified atom stereocenters. The molecule has 1 aliphatic heterocycles. The summed E-state index contributed by atoms with van der Waals surface area (Å²) in [6.45, 7) is 0.803. The van der Waals surface area contributed by atoms with Crippen LogP contribution in [0.25, 0.3) is 0 Å². The number of thioether (sulfide) groups is 1. The summed E-state index contributed by atoms with van der Waals surface area (Å²) in [5.41, 5.74) is 5.33. The van der Waals surface area contributed by atoms with Gasteiger partial charge in [-0.15, -0.1) is 0 Å². The normalized spacial score (nSPS) is 25.8. The van der Waals surface area contributed by atoms with Crippen LogP contribution in [0.1, 0.15) is 38.5 Å². The van der Waals surface area contributed by atoms with Crippen LogP contribution >= 0.6 is 11.8 Å². The molecule has 1 heterocycles. The van der Waals surface area contributed by atoms with E-state index in [0.29, 0.717) is 6.04 Å². The summed E-state index contributed by atoms with van der Waals surface area (Å²) in [6.07, 6.45) is 6.75. The number of amides is 1. The summed E-state index contributed by atoms with van der Waals surface area (Å²) in [6, 6.07) is 0.609. The molecule has 0 spiro atoms. The summed E-state index contributed by atoms with van der Waals surface area (Å²) < 4.78 is 0. The van der Waals surface area contributed by atoms with Crippen molar-refractivity contribution < 1.29 is 4.79 Å². The topological polar surface area (TPSA) is 55.1 Å². The van der Waals surface area contributed by atoms with E-state index in [1.807, 2.05) is 11.8 Å². The maximum absolute atomic E-state index is 11.6. The van der Waals surface area contributed by atoms with Crippen molar-refractivity contribution in [1.82, 2.24) is 5.32 Å². The molecule has 4 heteroatoms. The molecule has 3 N–H and O–H groups in total. The molecular formula is C12H22N2OS. The third-order valence-corrected chi connectivity index (χ3v) is 5.08. The van der Waals surface area contributed by atoms with Gasteiger partial charge in [0, 0.05) is 12.6 Å². The molecule has 1 aliphatic carbocycles. The minimum Gasteiger partial charge on any atom is -0.369 e. The molecule has 1 saturated heterocycles. The van der Waals surface area contributed by atoms with E-state index in [9.17, 15) is 4.79 Å². The molecule has 0 aromatic heterocycles. The van der Waals surface area contributed by atoms with Gasteiger partial charge in [-0.25, -0.2) is 0 Å². The van der Waals surface area contributed by atoms with Crippen molar-refractivity contribution in [3.8, 4) is 0 Å². The van der Waals surface area contributed by atoms with Crippen LogP contribution in [-0.2, 0) is 4.79 Å². The van der Waals surface area contributed by atoms with Crippen molar-refractivity contribution in [1.29, 1.82) is 0 Å². The fraction of sp³-hybridized carbons (Fsp3) is 0.917. The lowest BCUT2D eigenvalue weighted by molar-refractivity contribution is -0.127. The fourth-order valence-electron chi connectivity index (χ4n) is 2.80. The first kappa shape index (κ1) is 12.2. The summed E-state index contributed by atoms with van der Waals surface area (Å²) >= 11 is 2.03. The highest BCUT2D eigenvalue weighted by atomic mass is 32.2. The van der Waals surface area contributed by atoms with Gasteiger partial charge in [0.25, 0.3) is 0 Å². The third kappa shape index (κ3) is 2.72. The van der Waals surface area contributed by atoms with Crippen molar-refractivity contribution in [2.24, 2.45) is 11.1 Å². The minimum absolute atomic E-state index is 0.0947. The van der Waals surface area contributed by atoms with E-state index in [1.54, 1.807) is 0 Å². The highest BCUT2D eigenvalue weighted by molar-refractivity contribution is 7.99. The van der Waals surface area contributed by atoms with Crippen LogP contribution in [0.2, 0.25) is 0 Å². The zero-order valence-corrected chi connectivity index (χ0v) is 10.7. The van der Waals surface area contributed by atoms with Gasteiger partial charge >= 0.3 is 0 Å². The number of hydrogen-bond donors (Lipinski definition) is 2. The van der Waals surface area contributed by atoms with E-state index in [2.05, 4.69) is 5.32 Å². The smallest absolute Gasteiger partial charge is 0.224 e. The van der Waals surface area contributed by atoms with Gasteiger partial charge in [0.2, 0.25) is 5.91 Å². The third-order valence-electron chi connectivity index (χ3n) is 4.03. The molecule has 2 fully saturated rings. The molecule has 3 nitrogen and oxygen atoms in total. The Hall–Kier alpha value is -0.220. The summed E-state index contributed by atoms with van der Waals surface area (Å²) in [5, 5.41) is 3.57. The molecule has 0 aromatic rings. The van der Waals surface area contributed by atoms with Gasteiger partial charge < -0.3 is 11.1 Å². The molecule has 16 heavy (non-hydrogen) atoms. The van der Waals surface area contributed by atoms with Gasteiger partial charge in [-0.2, -0.15) is 11.8 Å².